The van der Waals surface area contributed by atoms with Gasteiger partial charge in [-0.1, -0.05) is 6.07 Å². The molecular formula is C12H10N4O. The summed E-state index contributed by atoms with van der Waals surface area (Å²) in [6, 6.07) is 5.84. The summed E-state index contributed by atoms with van der Waals surface area (Å²) >= 11 is 0. The second kappa shape index (κ2) is 3.48. The molecule has 0 saturated carbocycles. The van der Waals surface area contributed by atoms with Crippen molar-refractivity contribution >= 4 is 18.1 Å². The Balaban J connectivity index is 2.14. The van der Waals surface area contributed by atoms with Crippen LogP contribution in [0.15, 0.2) is 29.4 Å². The Labute approximate surface area is 96.7 Å². The molecule has 3 rings (SSSR count). The van der Waals surface area contributed by atoms with Gasteiger partial charge in [-0.15, -0.1) is 0 Å². The van der Waals surface area contributed by atoms with Gasteiger partial charge < -0.3 is 15.8 Å². The van der Waals surface area contributed by atoms with Gasteiger partial charge in [0.1, 0.15) is 5.69 Å². The normalized spacial score (nSPS) is 13.8. The van der Waals surface area contributed by atoms with Crippen molar-refractivity contribution < 1.29 is 5.11 Å². The SMILES string of the molecule is Nc1nc(O)c(C=c2ccc3c(c2)C=CN=3)[nH]1. The minimum Gasteiger partial charge on any atom is -0.492 e. The van der Waals surface area contributed by atoms with Gasteiger partial charge in [0, 0.05) is 11.8 Å². The third kappa shape index (κ3) is 1.67. The highest BCUT2D eigenvalue weighted by Crippen LogP contribution is 2.14. The first-order valence-corrected chi connectivity index (χ1v) is 5.13. The van der Waals surface area contributed by atoms with Gasteiger partial charge >= 0.3 is 0 Å². The maximum Gasteiger partial charge on any atom is 0.238 e. The molecule has 0 spiro atoms. The number of hydrogen-bond acceptors (Lipinski definition) is 4. The second-order valence-corrected chi connectivity index (χ2v) is 3.77. The van der Waals surface area contributed by atoms with Crippen molar-refractivity contribution in [1.82, 2.24) is 9.97 Å². The van der Waals surface area contributed by atoms with Crippen molar-refractivity contribution in [2.45, 2.75) is 0 Å². The van der Waals surface area contributed by atoms with Crippen LogP contribution in [0.5, 0.6) is 5.88 Å². The molecule has 0 saturated heterocycles. The largest absolute Gasteiger partial charge is 0.492 e. The lowest BCUT2D eigenvalue weighted by Crippen LogP contribution is -2.10. The predicted molar refractivity (Wildman–Crippen MR) is 64.5 cm³/mol. The molecule has 17 heavy (non-hydrogen) atoms. The van der Waals surface area contributed by atoms with Crippen molar-refractivity contribution in [1.29, 1.82) is 0 Å². The fourth-order valence-corrected chi connectivity index (χ4v) is 1.78. The van der Waals surface area contributed by atoms with Gasteiger partial charge in [0.15, 0.2) is 0 Å². The molecule has 1 aliphatic heterocycles. The van der Waals surface area contributed by atoms with Gasteiger partial charge in [0.2, 0.25) is 11.8 Å². The van der Waals surface area contributed by atoms with Crippen LogP contribution in [0.2, 0.25) is 0 Å². The number of anilines is 1. The van der Waals surface area contributed by atoms with E-state index >= 15 is 0 Å². The molecule has 1 aliphatic rings. The Morgan fingerprint density at radius 2 is 2.24 bits per heavy atom. The number of nitrogens with one attached hydrogen (secondary N) is 1. The molecule has 0 radical (unpaired) electrons. The van der Waals surface area contributed by atoms with E-state index in [-0.39, 0.29) is 11.8 Å². The molecule has 4 N–H and O–H groups in total. The number of rotatable bonds is 1. The zero-order chi connectivity index (χ0) is 11.8. The Bertz CT molecular complexity index is 727. The summed E-state index contributed by atoms with van der Waals surface area (Å²) in [5.74, 6) is 0.105. The molecule has 0 fully saturated rings. The van der Waals surface area contributed by atoms with Crippen molar-refractivity contribution in [3.8, 4) is 5.88 Å². The van der Waals surface area contributed by atoms with Gasteiger partial charge in [-0.2, -0.15) is 4.98 Å². The van der Waals surface area contributed by atoms with Crippen LogP contribution in [-0.2, 0) is 0 Å². The summed E-state index contributed by atoms with van der Waals surface area (Å²) in [6.07, 6.45) is 5.49. The van der Waals surface area contributed by atoms with Crippen LogP contribution in [0.25, 0.3) is 12.2 Å². The summed E-state index contributed by atoms with van der Waals surface area (Å²) in [4.78, 5) is 10.7. The lowest BCUT2D eigenvalue weighted by atomic mass is 10.1. The molecule has 5 nitrogen and oxygen atoms in total. The van der Waals surface area contributed by atoms with E-state index in [1.165, 1.54) is 0 Å². The highest BCUT2D eigenvalue weighted by molar-refractivity contribution is 5.57. The van der Waals surface area contributed by atoms with Gasteiger partial charge in [-0.3, -0.25) is 4.99 Å². The van der Waals surface area contributed by atoms with E-state index in [0.717, 1.165) is 16.1 Å². The number of H-pyrrole nitrogens is 1. The van der Waals surface area contributed by atoms with E-state index < -0.39 is 0 Å². The first-order chi connectivity index (χ1) is 8.22. The van der Waals surface area contributed by atoms with Gasteiger partial charge in [-0.25, -0.2) is 0 Å². The molecule has 2 heterocycles. The quantitative estimate of drug-likeness (QED) is 0.646. The van der Waals surface area contributed by atoms with Crippen molar-refractivity contribution in [3.05, 3.63) is 46.2 Å². The molecule has 0 bridgehead atoms. The van der Waals surface area contributed by atoms with E-state index in [0.29, 0.717) is 5.69 Å². The number of nitrogens with zero attached hydrogens (tertiary/aromatic N) is 2. The molecule has 1 aromatic heterocycles. The number of nitrogen functional groups attached to an aromatic ring is 1. The Morgan fingerprint density at radius 3 is 3.00 bits per heavy atom. The lowest BCUT2D eigenvalue weighted by molar-refractivity contribution is 0.455. The summed E-state index contributed by atoms with van der Waals surface area (Å²) in [5.41, 5.74) is 7.01. The maximum absolute atomic E-state index is 9.50. The van der Waals surface area contributed by atoms with E-state index in [1.807, 2.05) is 24.3 Å². The summed E-state index contributed by atoms with van der Waals surface area (Å²) < 4.78 is 0. The third-order valence-electron chi connectivity index (χ3n) is 2.56. The van der Waals surface area contributed by atoms with Gasteiger partial charge in [0.05, 0.1) is 5.36 Å². The number of hydrogen-bond donors (Lipinski definition) is 3. The third-order valence-corrected chi connectivity index (χ3v) is 2.56. The number of aromatic nitrogens is 2. The summed E-state index contributed by atoms with van der Waals surface area (Å²) in [7, 11) is 0. The Kier molecular flexibility index (Phi) is 1.98. The van der Waals surface area contributed by atoms with Crippen LogP contribution in [0.1, 0.15) is 11.3 Å². The molecule has 84 valence electrons. The van der Waals surface area contributed by atoms with Crippen molar-refractivity contribution in [3.63, 3.8) is 0 Å². The number of aromatic amines is 1. The number of fused-ring (bicyclic) bond motifs is 1. The molecule has 0 unspecified atom stereocenters. The molecule has 0 atom stereocenters. The molecule has 2 aromatic rings. The first-order valence-electron chi connectivity index (χ1n) is 5.13. The number of nitrogens with two attached hydrogens (primary N) is 1. The Hall–Kier alpha value is -2.56. The molecule has 0 aliphatic carbocycles. The molecular weight excluding hydrogens is 216 g/mol. The minimum atomic E-state index is -0.0942. The number of benzene rings is 1. The second-order valence-electron chi connectivity index (χ2n) is 3.77. The fraction of sp³-hybridized carbons (Fsp3) is 0. The smallest absolute Gasteiger partial charge is 0.238 e. The van der Waals surface area contributed by atoms with Crippen LogP contribution in [0.3, 0.4) is 0 Å². The monoisotopic (exact) mass is 226 g/mol. The minimum absolute atomic E-state index is 0.0942. The first kappa shape index (κ1) is 9.65. The van der Waals surface area contributed by atoms with Gasteiger partial charge in [-0.05, 0) is 29.5 Å². The fourth-order valence-electron chi connectivity index (χ4n) is 1.78. The average Bonchev–Trinajstić information content (AvgIpc) is 2.85. The van der Waals surface area contributed by atoms with E-state index in [4.69, 9.17) is 5.73 Å². The summed E-state index contributed by atoms with van der Waals surface area (Å²) in [5, 5.41) is 11.4. The van der Waals surface area contributed by atoms with Crippen molar-refractivity contribution in [2.75, 3.05) is 5.73 Å². The molecule has 1 aromatic carbocycles. The van der Waals surface area contributed by atoms with Crippen LogP contribution in [0, 0.1) is 0 Å². The van der Waals surface area contributed by atoms with Crippen LogP contribution in [0.4, 0.5) is 5.95 Å². The van der Waals surface area contributed by atoms with Gasteiger partial charge in [0.25, 0.3) is 0 Å². The Morgan fingerprint density at radius 1 is 1.35 bits per heavy atom. The topological polar surface area (TPSA) is 87.3 Å². The standard InChI is InChI=1S/C12H10N4O/c13-12-15-10(11(17)16-12)6-7-1-2-9-8(5-7)3-4-14-9/h1-6,17H,(H3,13,15,16). The highest BCUT2D eigenvalue weighted by atomic mass is 16.3. The van der Waals surface area contributed by atoms with Crippen LogP contribution >= 0.6 is 0 Å². The van der Waals surface area contributed by atoms with E-state index in [2.05, 4.69) is 15.0 Å². The van der Waals surface area contributed by atoms with Crippen molar-refractivity contribution in [2.24, 2.45) is 4.99 Å². The van der Waals surface area contributed by atoms with E-state index in [1.54, 1.807) is 12.3 Å². The zero-order valence-corrected chi connectivity index (χ0v) is 8.88. The molecule has 5 heteroatoms. The van der Waals surface area contributed by atoms with Crippen LogP contribution < -0.4 is 16.3 Å². The summed E-state index contributed by atoms with van der Waals surface area (Å²) in [6.45, 7) is 0. The lowest BCUT2D eigenvalue weighted by Gasteiger charge is -1.91. The number of imidazole rings is 1. The average molecular weight is 226 g/mol. The molecule has 0 amide bonds. The maximum atomic E-state index is 9.50. The van der Waals surface area contributed by atoms with E-state index in [9.17, 15) is 5.11 Å². The predicted octanol–water partition coefficient (Wildman–Crippen LogP) is 0.130. The highest BCUT2D eigenvalue weighted by Gasteiger charge is 2.03. The van der Waals surface area contributed by atoms with Crippen LogP contribution in [-0.4, -0.2) is 15.1 Å². The zero-order valence-electron chi connectivity index (χ0n) is 8.88. The number of aromatic hydroxyl groups is 1.